The molecular weight excluding hydrogens is 382 g/mol. The van der Waals surface area contributed by atoms with Gasteiger partial charge < -0.3 is 10.2 Å². The first-order valence-corrected chi connectivity index (χ1v) is 10.3. The molecular formula is C22H23N5OS. The summed E-state index contributed by atoms with van der Waals surface area (Å²) in [4.78, 5) is 19.1. The van der Waals surface area contributed by atoms with E-state index in [9.17, 15) is 4.79 Å². The van der Waals surface area contributed by atoms with Gasteiger partial charge in [0, 0.05) is 13.6 Å². The number of para-hydroxylation sites is 1. The van der Waals surface area contributed by atoms with Crippen molar-refractivity contribution in [2.75, 3.05) is 18.5 Å². The highest BCUT2D eigenvalue weighted by Crippen LogP contribution is 2.31. The maximum atomic E-state index is 12.4. The molecule has 2 aromatic heterocycles. The number of nitrogens with zero attached hydrogens (tertiary/aromatic N) is 4. The number of nitrogens with one attached hydrogen (secondary N) is 1. The molecule has 4 aromatic rings. The highest BCUT2D eigenvalue weighted by molar-refractivity contribution is 7.22. The Morgan fingerprint density at radius 1 is 1.10 bits per heavy atom. The summed E-state index contributed by atoms with van der Waals surface area (Å²) in [7, 11) is 1.89. The van der Waals surface area contributed by atoms with Crippen molar-refractivity contribution in [3.05, 3.63) is 71.4 Å². The second kappa shape index (κ2) is 8.05. The summed E-state index contributed by atoms with van der Waals surface area (Å²) in [6, 6.07) is 18.0. The molecule has 2 heterocycles. The Morgan fingerprint density at radius 2 is 1.83 bits per heavy atom. The highest BCUT2D eigenvalue weighted by atomic mass is 32.1. The zero-order valence-corrected chi connectivity index (χ0v) is 17.5. The smallest absolute Gasteiger partial charge is 0.239 e. The van der Waals surface area contributed by atoms with Gasteiger partial charge in [0.25, 0.3) is 0 Å². The molecule has 0 saturated carbocycles. The van der Waals surface area contributed by atoms with Crippen LogP contribution in [-0.4, -0.2) is 34.3 Å². The van der Waals surface area contributed by atoms with E-state index >= 15 is 0 Å². The lowest BCUT2D eigenvalue weighted by atomic mass is 10.1. The summed E-state index contributed by atoms with van der Waals surface area (Å²) >= 11 is 1.56. The zero-order chi connectivity index (χ0) is 20.4. The third-order valence-corrected chi connectivity index (χ3v) is 6.09. The first-order chi connectivity index (χ1) is 14.0. The Hall–Kier alpha value is -3.19. The summed E-state index contributed by atoms with van der Waals surface area (Å²) in [6.07, 6.45) is 0. The fraction of sp³-hybridized carbons (Fsp3) is 0.227. The van der Waals surface area contributed by atoms with E-state index in [2.05, 4.69) is 10.4 Å². The van der Waals surface area contributed by atoms with Crippen molar-refractivity contribution >= 4 is 32.7 Å². The molecule has 4 rings (SSSR count). The van der Waals surface area contributed by atoms with Crippen LogP contribution in [0.15, 0.2) is 54.6 Å². The summed E-state index contributed by atoms with van der Waals surface area (Å²) in [5.74, 6) is -0.0311. The van der Waals surface area contributed by atoms with E-state index in [1.54, 1.807) is 11.3 Å². The molecule has 0 unspecified atom stereocenters. The molecule has 2 aromatic carbocycles. The van der Waals surface area contributed by atoms with Crippen LogP contribution in [0.2, 0.25) is 0 Å². The van der Waals surface area contributed by atoms with Gasteiger partial charge in [-0.2, -0.15) is 10.1 Å². The van der Waals surface area contributed by atoms with E-state index in [4.69, 9.17) is 4.98 Å². The molecule has 1 amide bonds. The summed E-state index contributed by atoms with van der Waals surface area (Å²) in [5.41, 5.74) is 5.03. The number of aromatic nitrogens is 3. The van der Waals surface area contributed by atoms with Crippen LogP contribution in [0.25, 0.3) is 16.0 Å². The number of carbonyl (C=O) groups is 1. The number of likely N-dealkylation sites (N-methyl/N-ethyl adjacent to an activating group) is 1. The number of rotatable bonds is 6. The van der Waals surface area contributed by atoms with Crippen LogP contribution in [0, 0.1) is 13.8 Å². The van der Waals surface area contributed by atoms with Crippen LogP contribution in [0.5, 0.6) is 0 Å². The molecule has 1 N–H and O–H groups in total. The molecule has 0 aliphatic heterocycles. The summed E-state index contributed by atoms with van der Waals surface area (Å²) in [6.45, 7) is 4.81. The fourth-order valence-electron chi connectivity index (χ4n) is 3.18. The maximum Gasteiger partial charge on any atom is 0.239 e. The number of carbonyl (C=O) groups excluding carboxylic acids is 1. The quantitative estimate of drug-likeness (QED) is 0.529. The van der Waals surface area contributed by atoms with E-state index in [0.29, 0.717) is 6.54 Å². The van der Waals surface area contributed by atoms with E-state index in [-0.39, 0.29) is 12.5 Å². The monoisotopic (exact) mass is 405 g/mol. The average Bonchev–Trinajstić information content (AvgIpc) is 3.29. The number of amides is 1. The van der Waals surface area contributed by atoms with Crippen molar-refractivity contribution in [3.63, 3.8) is 0 Å². The number of benzene rings is 2. The molecule has 6 nitrogen and oxygen atoms in total. The molecule has 148 valence electrons. The van der Waals surface area contributed by atoms with Crippen molar-refractivity contribution in [3.8, 4) is 5.69 Å². The Kier molecular flexibility index (Phi) is 5.31. The van der Waals surface area contributed by atoms with Crippen LogP contribution in [0.4, 0.5) is 5.13 Å². The molecule has 0 atom stereocenters. The lowest BCUT2D eigenvalue weighted by Gasteiger charge is -2.15. The van der Waals surface area contributed by atoms with Gasteiger partial charge in [-0.1, -0.05) is 53.8 Å². The predicted molar refractivity (Wildman–Crippen MR) is 118 cm³/mol. The van der Waals surface area contributed by atoms with Gasteiger partial charge in [0.15, 0.2) is 10.8 Å². The normalized spacial score (nSPS) is 11.0. The van der Waals surface area contributed by atoms with Gasteiger partial charge in [-0.05, 0) is 37.1 Å². The predicted octanol–water partition coefficient (Wildman–Crippen LogP) is 3.85. The average molecular weight is 406 g/mol. The molecule has 0 spiro atoms. The van der Waals surface area contributed by atoms with Gasteiger partial charge in [-0.3, -0.25) is 4.79 Å². The molecule has 7 heteroatoms. The molecule has 0 bridgehead atoms. The number of aryl methyl sites for hydroxylation is 2. The van der Waals surface area contributed by atoms with Crippen molar-refractivity contribution in [1.82, 2.24) is 20.1 Å². The molecule has 0 aliphatic rings. The van der Waals surface area contributed by atoms with Crippen LogP contribution in [-0.2, 0) is 11.3 Å². The van der Waals surface area contributed by atoms with Gasteiger partial charge in [0.2, 0.25) is 5.91 Å². The van der Waals surface area contributed by atoms with Gasteiger partial charge in [-0.15, -0.1) is 0 Å². The number of fused-ring (bicyclic) bond motifs is 1. The van der Waals surface area contributed by atoms with E-state index in [1.807, 2.05) is 85.1 Å². The van der Waals surface area contributed by atoms with Crippen LogP contribution >= 0.6 is 11.3 Å². The SMILES string of the molecule is Cc1ccccc1CNC(=O)CN(C)c1nc2c(s1)c(C)nn2-c1ccccc1. The standard InChI is InChI=1S/C22H23N5OS/c1-15-9-7-8-10-17(15)13-23-19(28)14-26(3)22-24-21-20(29-22)16(2)25-27(21)18-11-5-4-6-12-18/h4-12H,13-14H2,1-3H3,(H,23,28). The molecule has 29 heavy (non-hydrogen) atoms. The van der Waals surface area contributed by atoms with Crippen molar-refractivity contribution in [2.24, 2.45) is 0 Å². The molecule has 0 aliphatic carbocycles. The van der Waals surface area contributed by atoms with Crippen molar-refractivity contribution in [1.29, 1.82) is 0 Å². The Morgan fingerprint density at radius 3 is 2.59 bits per heavy atom. The number of thiazole rings is 1. The molecule has 0 radical (unpaired) electrons. The zero-order valence-electron chi connectivity index (χ0n) is 16.7. The maximum absolute atomic E-state index is 12.4. The van der Waals surface area contributed by atoms with E-state index in [0.717, 1.165) is 32.4 Å². The topological polar surface area (TPSA) is 63.1 Å². The van der Waals surface area contributed by atoms with Gasteiger partial charge in [0.1, 0.15) is 0 Å². The van der Waals surface area contributed by atoms with Crippen molar-refractivity contribution in [2.45, 2.75) is 20.4 Å². The minimum Gasteiger partial charge on any atom is -0.350 e. The summed E-state index contributed by atoms with van der Waals surface area (Å²) in [5, 5.41) is 8.42. The lowest BCUT2D eigenvalue weighted by Crippen LogP contribution is -2.34. The summed E-state index contributed by atoms with van der Waals surface area (Å²) < 4.78 is 2.90. The number of hydrogen-bond donors (Lipinski definition) is 1. The first-order valence-electron chi connectivity index (χ1n) is 9.47. The van der Waals surface area contributed by atoms with E-state index < -0.39 is 0 Å². The third kappa shape index (κ3) is 4.00. The lowest BCUT2D eigenvalue weighted by molar-refractivity contribution is -0.119. The van der Waals surface area contributed by atoms with Crippen molar-refractivity contribution < 1.29 is 4.79 Å². The van der Waals surface area contributed by atoms with Gasteiger partial charge in [0.05, 0.1) is 22.6 Å². The Bertz CT molecular complexity index is 1150. The minimum atomic E-state index is -0.0311. The fourth-order valence-corrected chi connectivity index (χ4v) is 4.12. The van der Waals surface area contributed by atoms with Crippen LogP contribution in [0.3, 0.4) is 0 Å². The Labute approximate surface area is 173 Å². The second-order valence-electron chi connectivity index (χ2n) is 7.04. The van der Waals surface area contributed by atoms with Gasteiger partial charge >= 0.3 is 0 Å². The first kappa shape index (κ1) is 19.1. The second-order valence-corrected chi connectivity index (χ2v) is 8.02. The number of anilines is 1. The van der Waals surface area contributed by atoms with Gasteiger partial charge in [-0.25, -0.2) is 4.68 Å². The van der Waals surface area contributed by atoms with Crippen LogP contribution in [0.1, 0.15) is 16.8 Å². The third-order valence-electron chi connectivity index (χ3n) is 4.82. The molecule has 0 fully saturated rings. The number of hydrogen-bond acceptors (Lipinski definition) is 5. The van der Waals surface area contributed by atoms with Crippen LogP contribution < -0.4 is 10.2 Å². The highest BCUT2D eigenvalue weighted by Gasteiger charge is 2.18. The molecule has 0 saturated heterocycles. The minimum absolute atomic E-state index is 0.0311. The Balaban J connectivity index is 1.48. The largest absolute Gasteiger partial charge is 0.350 e. The van der Waals surface area contributed by atoms with E-state index in [1.165, 1.54) is 5.56 Å².